The first-order valence-corrected chi connectivity index (χ1v) is 9.72. The highest BCUT2D eigenvalue weighted by Gasteiger charge is 2.56. The molecule has 0 spiro atoms. The number of carboxylic acid groups (broad SMARTS) is 1. The highest BCUT2D eigenvalue weighted by molar-refractivity contribution is 5.78. The lowest BCUT2D eigenvalue weighted by atomic mass is 9.88. The smallest absolute Gasteiger partial charge is 0.364 e. The van der Waals surface area contributed by atoms with Crippen molar-refractivity contribution in [2.24, 2.45) is 0 Å². The summed E-state index contributed by atoms with van der Waals surface area (Å²) >= 11 is 0. The Morgan fingerprint density at radius 3 is 2.31 bits per heavy atom. The fourth-order valence-electron chi connectivity index (χ4n) is 3.54. The lowest BCUT2D eigenvalue weighted by Crippen LogP contribution is -2.69. The maximum absolute atomic E-state index is 11.8. The average molecular weight is 471 g/mol. The third kappa shape index (κ3) is 5.52. The van der Waals surface area contributed by atoms with E-state index in [2.05, 4.69) is 5.32 Å². The molecule has 2 saturated heterocycles. The Labute approximate surface area is 181 Å². The Kier molecular flexibility index (Phi) is 8.88. The van der Waals surface area contributed by atoms with Crippen LogP contribution in [0.4, 0.5) is 0 Å². The van der Waals surface area contributed by atoms with Crippen molar-refractivity contribution in [3.05, 3.63) is 0 Å². The molecule has 2 fully saturated rings. The summed E-state index contributed by atoms with van der Waals surface area (Å²) in [6.45, 7) is -0.685. The lowest BCUT2D eigenvalue weighted by Gasteiger charge is -2.48. The van der Waals surface area contributed by atoms with Crippen molar-refractivity contribution >= 4 is 11.9 Å². The third-order valence-corrected chi connectivity index (χ3v) is 5.40. The minimum Gasteiger partial charge on any atom is -0.477 e. The number of carboxylic acids is 1. The maximum Gasteiger partial charge on any atom is 0.364 e. The quantitative estimate of drug-likeness (QED) is 0.158. The number of aliphatic hydroxyl groups is 8. The van der Waals surface area contributed by atoms with E-state index in [0.29, 0.717) is 0 Å². The lowest BCUT2D eigenvalue weighted by molar-refractivity contribution is -0.340. The monoisotopic (exact) mass is 471 g/mol. The van der Waals surface area contributed by atoms with E-state index in [0.717, 1.165) is 0 Å². The van der Waals surface area contributed by atoms with Crippen LogP contribution in [0.2, 0.25) is 0 Å². The second kappa shape index (κ2) is 10.6. The number of hydrogen-bond donors (Lipinski definition) is 10. The second-order valence-electron chi connectivity index (χ2n) is 7.72. The minimum absolute atomic E-state index is 0.892. The van der Waals surface area contributed by atoms with Gasteiger partial charge in [-0.3, -0.25) is 4.79 Å². The van der Waals surface area contributed by atoms with Crippen molar-refractivity contribution in [2.75, 3.05) is 13.2 Å². The number of hydrogen-bond acceptors (Lipinski definition) is 13. The van der Waals surface area contributed by atoms with E-state index in [4.69, 9.17) is 24.4 Å². The molecule has 2 rings (SSSR count). The summed E-state index contributed by atoms with van der Waals surface area (Å²) in [7, 11) is 0. The highest BCUT2D eigenvalue weighted by Crippen LogP contribution is 2.34. The number of nitrogens with one attached hydrogen (secondary N) is 1. The van der Waals surface area contributed by atoms with Crippen LogP contribution in [-0.4, -0.2) is 138 Å². The molecule has 1 amide bonds. The van der Waals surface area contributed by atoms with Gasteiger partial charge < -0.3 is 65.5 Å². The molecule has 32 heavy (non-hydrogen) atoms. The van der Waals surface area contributed by atoms with Crippen LogP contribution in [0.15, 0.2) is 0 Å². The van der Waals surface area contributed by atoms with Gasteiger partial charge in [-0.1, -0.05) is 0 Å². The molecular weight excluding hydrogens is 442 g/mol. The third-order valence-electron chi connectivity index (χ3n) is 5.40. The van der Waals surface area contributed by atoms with E-state index in [1.165, 1.54) is 6.92 Å². The molecule has 2 heterocycles. The van der Waals surface area contributed by atoms with Crippen molar-refractivity contribution in [1.82, 2.24) is 5.32 Å². The Morgan fingerprint density at radius 1 is 1.16 bits per heavy atom. The van der Waals surface area contributed by atoms with Gasteiger partial charge in [0.05, 0.1) is 24.9 Å². The van der Waals surface area contributed by atoms with Crippen LogP contribution in [-0.2, 0) is 23.8 Å². The summed E-state index contributed by atoms with van der Waals surface area (Å²) in [6, 6.07) is -1.54. The fraction of sp³-hybridized carbons (Fsp3) is 0.882. The molecular formula is C17H29NO14. The van der Waals surface area contributed by atoms with Crippen LogP contribution < -0.4 is 5.32 Å². The Balaban J connectivity index is 2.41. The van der Waals surface area contributed by atoms with E-state index in [-0.39, 0.29) is 0 Å². The van der Waals surface area contributed by atoms with Gasteiger partial charge in [-0.25, -0.2) is 4.79 Å². The molecule has 0 aromatic carbocycles. The van der Waals surface area contributed by atoms with E-state index >= 15 is 0 Å². The molecule has 15 heteroatoms. The number of ether oxygens (including phenoxy) is 3. The Morgan fingerprint density at radius 2 is 1.78 bits per heavy atom. The van der Waals surface area contributed by atoms with Crippen molar-refractivity contribution in [1.29, 1.82) is 0 Å². The molecule has 0 aliphatic carbocycles. The second-order valence-corrected chi connectivity index (χ2v) is 7.72. The maximum atomic E-state index is 11.8. The van der Waals surface area contributed by atoms with Crippen LogP contribution in [0, 0.1) is 0 Å². The first-order chi connectivity index (χ1) is 14.9. The molecule has 2 unspecified atom stereocenters. The van der Waals surface area contributed by atoms with E-state index < -0.39 is 98.5 Å². The number of aliphatic hydroxyl groups excluding tert-OH is 7. The molecule has 15 nitrogen and oxygen atoms in total. The largest absolute Gasteiger partial charge is 0.477 e. The summed E-state index contributed by atoms with van der Waals surface area (Å²) < 4.78 is 15.9. The van der Waals surface area contributed by atoms with Gasteiger partial charge >= 0.3 is 5.97 Å². The predicted octanol–water partition coefficient (Wildman–Crippen LogP) is -6.05. The van der Waals surface area contributed by atoms with Gasteiger partial charge in [0, 0.05) is 6.42 Å². The zero-order chi connectivity index (χ0) is 24.4. The van der Waals surface area contributed by atoms with Gasteiger partial charge in [0.2, 0.25) is 5.91 Å². The highest BCUT2D eigenvalue weighted by atomic mass is 16.7. The Bertz CT molecular complexity index is 665. The van der Waals surface area contributed by atoms with Gasteiger partial charge in [-0.2, -0.15) is 0 Å². The first kappa shape index (κ1) is 26.7. The number of rotatable bonds is 8. The van der Waals surface area contributed by atoms with Crippen LogP contribution in [0.1, 0.15) is 13.3 Å². The van der Waals surface area contributed by atoms with Crippen molar-refractivity contribution < 1.29 is 69.8 Å². The minimum atomic E-state index is -3.00. The zero-order valence-corrected chi connectivity index (χ0v) is 17.0. The summed E-state index contributed by atoms with van der Waals surface area (Å²) in [5.41, 5.74) is 0. The van der Waals surface area contributed by atoms with E-state index in [1.807, 2.05) is 0 Å². The fourth-order valence-corrected chi connectivity index (χ4v) is 3.54. The SMILES string of the molecule is C[C@@H]1OC(O[C@H]2CC(O)(C(=O)O)O[C@@H]([C@H](O)[C@H](O)CO)[C@@H]2NC(=O)CO)[C@@H](O)[C@H](O)[C@@H]1O. The summed E-state index contributed by atoms with van der Waals surface area (Å²) in [6.07, 6.45) is -16.1. The van der Waals surface area contributed by atoms with Gasteiger partial charge in [-0.05, 0) is 6.92 Å². The first-order valence-electron chi connectivity index (χ1n) is 9.72. The molecule has 2 aliphatic rings. The van der Waals surface area contributed by atoms with Gasteiger partial charge in [0.15, 0.2) is 6.29 Å². The van der Waals surface area contributed by atoms with E-state index in [1.54, 1.807) is 0 Å². The number of amides is 1. The summed E-state index contributed by atoms with van der Waals surface area (Å²) in [5.74, 6) is -5.95. The molecule has 0 saturated carbocycles. The average Bonchev–Trinajstić information content (AvgIpc) is 2.76. The standard InChI is InChI=1S/C17H29NO14/c1-5-10(23)12(25)13(26)15(30-5)31-7-2-17(29,16(27)28)32-14(11(24)6(21)3-19)9(7)18-8(22)4-20/h5-7,9-15,19-21,23-26,29H,2-4H2,1H3,(H,18,22)(H,27,28)/t5-,6+,7-,9+,10+,11+,12+,13-,14+,15?,17?/m0/s1. The predicted molar refractivity (Wildman–Crippen MR) is 97.4 cm³/mol. The van der Waals surface area contributed by atoms with E-state index in [9.17, 15) is 45.3 Å². The van der Waals surface area contributed by atoms with Crippen LogP contribution in [0.5, 0.6) is 0 Å². The van der Waals surface area contributed by atoms with Gasteiger partial charge in [0.1, 0.15) is 43.2 Å². The summed E-state index contributed by atoms with van der Waals surface area (Å²) in [4.78, 5) is 23.4. The Hall–Kier alpha value is -1.50. The number of carbonyl (C=O) groups is 2. The number of aliphatic carboxylic acids is 1. The molecule has 2 aliphatic heterocycles. The number of carbonyl (C=O) groups excluding carboxylic acids is 1. The topological polar surface area (TPSA) is 256 Å². The van der Waals surface area contributed by atoms with Crippen LogP contribution in [0.3, 0.4) is 0 Å². The molecule has 10 N–H and O–H groups in total. The zero-order valence-electron chi connectivity index (χ0n) is 17.0. The van der Waals surface area contributed by atoms with Gasteiger partial charge in [0.25, 0.3) is 5.79 Å². The molecule has 0 bridgehead atoms. The molecule has 0 aromatic heterocycles. The molecule has 186 valence electrons. The molecule has 0 radical (unpaired) electrons. The normalized spacial score (nSPS) is 42.2. The molecule has 11 atom stereocenters. The summed E-state index contributed by atoms with van der Waals surface area (Å²) in [5, 5.41) is 90.3. The van der Waals surface area contributed by atoms with Crippen LogP contribution >= 0.6 is 0 Å². The van der Waals surface area contributed by atoms with Crippen molar-refractivity contribution in [3.63, 3.8) is 0 Å². The van der Waals surface area contributed by atoms with Crippen molar-refractivity contribution in [3.8, 4) is 0 Å². The molecule has 0 aromatic rings. The van der Waals surface area contributed by atoms with Crippen LogP contribution in [0.25, 0.3) is 0 Å². The van der Waals surface area contributed by atoms with Gasteiger partial charge in [-0.15, -0.1) is 0 Å². The van der Waals surface area contributed by atoms with Crippen molar-refractivity contribution in [2.45, 2.75) is 80.3 Å².